The summed E-state index contributed by atoms with van der Waals surface area (Å²) in [5.41, 5.74) is 1.60. The third-order valence-corrected chi connectivity index (χ3v) is 3.89. The Morgan fingerprint density at radius 3 is 2.62 bits per heavy atom. The van der Waals surface area contributed by atoms with Crippen molar-refractivity contribution in [3.63, 3.8) is 0 Å². The molecule has 3 rings (SSSR count). The minimum atomic E-state index is -0.153. The van der Waals surface area contributed by atoms with Crippen LogP contribution in [0.2, 0.25) is 0 Å². The van der Waals surface area contributed by atoms with E-state index in [4.69, 9.17) is 8.83 Å². The van der Waals surface area contributed by atoms with E-state index in [1.165, 1.54) is 0 Å². The van der Waals surface area contributed by atoms with Crippen LogP contribution < -0.4 is 0 Å². The molecule has 0 bridgehead atoms. The van der Waals surface area contributed by atoms with Crippen molar-refractivity contribution >= 4 is 16.9 Å². The Labute approximate surface area is 123 Å². The molecule has 0 aliphatic rings. The van der Waals surface area contributed by atoms with Gasteiger partial charge < -0.3 is 13.7 Å². The molecule has 3 aromatic rings. The number of benzene rings is 1. The summed E-state index contributed by atoms with van der Waals surface area (Å²) < 4.78 is 11.1. The Hall–Kier alpha value is -2.49. The summed E-state index contributed by atoms with van der Waals surface area (Å²) in [7, 11) is 1.75. The van der Waals surface area contributed by atoms with Gasteiger partial charge in [-0.2, -0.15) is 0 Å². The Morgan fingerprint density at radius 1 is 1.19 bits per heavy atom. The summed E-state index contributed by atoms with van der Waals surface area (Å²) in [5.74, 6) is 0.990. The fourth-order valence-electron chi connectivity index (χ4n) is 2.43. The van der Waals surface area contributed by atoms with Crippen LogP contribution in [0.5, 0.6) is 0 Å². The zero-order valence-corrected chi connectivity index (χ0v) is 12.3. The number of amides is 1. The van der Waals surface area contributed by atoms with E-state index >= 15 is 0 Å². The highest BCUT2D eigenvalue weighted by atomic mass is 16.3. The van der Waals surface area contributed by atoms with E-state index in [0.29, 0.717) is 5.76 Å². The summed E-state index contributed by atoms with van der Waals surface area (Å²) in [5, 5.41) is 0.972. The van der Waals surface area contributed by atoms with Crippen molar-refractivity contribution in [2.24, 2.45) is 0 Å². The van der Waals surface area contributed by atoms with Gasteiger partial charge in [0, 0.05) is 18.0 Å². The van der Waals surface area contributed by atoms with Crippen LogP contribution in [0.1, 0.15) is 34.8 Å². The molecule has 4 heteroatoms. The fraction of sp³-hybridized carbons (Fsp3) is 0.235. The topological polar surface area (TPSA) is 46.6 Å². The Balaban J connectivity index is 1.95. The maximum atomic E-state index is 12.7. The number of hydrogen-bond acceptors (Lipinski definition) is 3. The highest BCUT2D eigenvalue weighted by molar-refractivity contribution is 5.98. The molecule has 21 heavy (non-hydrogen) atoms. The van der Waals surface area contributed by atoms with Crippen molar-refractivity contribution in [2.75, 3.05) is 7.05 Å². The third kappa shape index (κ3) is 2.23. The molecule has 1 aromatic carbocycles. The molecule has 1 unspecified atom stereocenters. The molecule has 0 radical (unpaired) electrons. The molecular weight excluding hydrogens is 266 g/mol. The molecule has 2 aromatic heterocycles. The van der Waals surface area contributed by atoms with Gasteiger partial charge in [0.2, 0.25) is 0 Å². The number of para-hydroxylation sites is 1. The molecule has 0 saturated carbocycles. The van der Waals surface area contributed by atoms with Gasteiger partial charge in [0.1, 0.15) is 11.3 Å². The van der Waals surface area contributed by atoms with Gasteiger partial charge in [0.05, 0.1) is 12.3 Å². The first-order valence-corrected chi connectivity index (χ1v) is 6.88. The monoisotopic (exact) mass is 283 g/mol. The van der Waals surface area contributed by atoms with Gasteiger partial charge >= 0.3 is 0 Å². The van der Waals surface area contributed by atoms with Crippen molar-refractivity contribution in [3.05, 3.63) is 59.7 Å². The standard InChI is InChI=1S/C17H17NO3/c1-11-13-7-4-5-8-15(13)21-16(11)17(19)18(3)12(2)14-9-6-10-20-14/h4-10,12H,1-3H3. The van der Waals surface area contributed by atoms with Crippen molar-refractivity contribution in [2.45, 2.75) is 19.9 Å². The lowest BCUT2D eigenvalue weighted by atomic mass is 10.1. The molecule has 1 atom stereocenters. The SMILES string of the molecule is Cc1c(C(=O)N(C)C(C)c2ccco2)oc2ccccc12. The quantitative estimate of drug-likeness (QED) is 0.724. The van der Waals surface area contributed by atoms with Crippen LogP contribution in [0.25, 0.3) is 11.0 Å². The van der Waals surface area contributed by atoms with Gasteiger partial charge in [-0.1, -0.05) is 18.2 Å². The van der Waals surface area contributed by atoms with Gasteiger partial charge in [0.15, 0.2) is 5.76 Å². The van der Waals surface area contributed by atoms with E-state index in [9.17, 15) is 4.79 Å². The summed E-state index contributed by atoms with van der Waals surface area (Å²) in [6, 6.07) is 11.2. The molecule has 1 amide bonds. The number of furan rings is 2. The van der Waals surface area contributed by atoms with Crippen molar-refractivity contribution in [1.29, 1.82) is 0 Å². The fourth-order valence-corrected chi connectivity index (χ4v) is 2.43. The van der Waals surface area contributed by atoms with Crippen LogP contribution in [0.4, 0.5) is 0 Å². The van der Waals surface area contributed by atoms with Gasteiger partial charge in [0.25, 0.3) is 5.91 Å². The molecule has 0 spiro atoms. The Kier molecular flexibility index (Phi) is 3.29. The molecule has 4 nitrogen and oxygen atoms in total. The van der Waals surface area contributed by atoms with Crippen LogP contribution in [-0.4, -0.2) is 17.9 Å². The van der Waals surface area contributed by atoms with Gasteiger partial charge in [-0.25, -0.2) is 0 Å². The number of carbonyl (C=O) groups excluding carboxylic acids is 1. The lowest BCUT2D eigenvalue weighted by Crippen LogP contribution is -2.29. The van der Waals surface area contributed by atoms with Crippen LogP contribution in [0.3, 0.4) is 0 Å². The van der Waals surface area contributed by atoms with Crippen LogP contribution in [-0.2, 0) is 0 Å². The molecule has 2 heterocycles. The molecule has 0 saturated heterocycles. The first-order valence-electron chi connectivity index (χ1n) is 6.88. The summed E-state index contributed by atoms with van der Waals surface area (Å²) in [6.07, 6.45) is 1.61. The number of hydrogen-bond donors (Lipinski definition) is 0. The van der Waals surface area contributed by atoms with E-state index < -0.39 is 0 Å². The van der Waals surface area contributed by atoms with Crippen LogP contribution in [0.15, 0.2) is 51.5 Å². The molecule has 0 aliphatic carbocycles. The number of nitrogens with zero attached hydrogens (tertiary/aromatic N) is 1. The summed E-state index contributed by atoms with van der Waals surface area (Å²) in [4.78, 5) is 14.3. The second-order valence-electron chi connectivity index (χ2n) is 5.16. The van der Waals surface area contributed by atoms with Crippen LogP contribution >= 0.6 is 0 Å². The number of aryl methyl sites for hydroxylation is 1. The zero-order chi connectivity index (χ0) is 15.0. The first kappa shape index (κ1) is 13.5. The Bertz CT molecular complexity index is 771. The van der Waals surface area contributed by atoms with Crippen molar-refractivity contribution < 1.29 is 13.6 Å². The molecule has 108 valence electrons. The van der Waals surface area contributed by atoms with E-state index in [0.717, 1.165) is 22.3 Å². The minimum absolute atomic E-state index is 0.146. The van der Waals surface area contributed by atoms with Gasteiger partial charge in [-0.15, -0.1) is 0 Å². The van der Waals surface area contributed by atoms with E-state index in [1.807, 2.05) is 50.2 Å². The highest BCUT2D eigenvalue weighted by Gasteiger charge is 2.25. The average Bonchev–Trinajstić information content (AvgIpc) is 3.14. The van der Waals surface area contributed by atoms with Gasteiger partial charge in [-0.3, -0.25) is 4.79 Å². The largest absolute Gasteiger partial charge is 0.467 e. The lowest BCUT2D eigenvalue weighted by Gasteiger charge is -2.22. The number of fused-ring (bicyclic) bond motifs is 1. The molecular formula is C17H17NO3. The van der Waals surface area contributed by atoms with Crippen LogP contribution in [0, 0.1) is 6.92 Å². The number of rotatable bonds is 3. The zero-order valence-electron chi connectivity index (χ0n) is 12.3. The lowest BCUT2D eigenvalue weighted by molar-refractivity contribution is 0.0695. The molecule has 0 fully saturated rings. The van der Waals surface area contributed by atoms with E-state index in [-0.39, 0.29) is 11.9 Å². The molecule has 0 aliphatic heterocycles. The minimum Gasteiger partial charge on any atom is -0.467 e. The van der Waals surface area contributed by atoms with Gasteiger partial charge in [-0.05, 0) is 32.0 Å². The smallest absolute Gasteiger partial charge is 0.290 e. The maximum Gasteiger partial charge on any atom is 0.290 e. The van der Waals surface area contributed by atoms with Crippen molar-refractivity contribution in [3.8, 4) is 0 Å². The average molecular weight is 283 g/mol. The summed E-state index contributed by atoms with van der Waals surface area (Å²) in [6.45, 7) is 3.83. The third-order valence-electron chi connectivity index (χ3n) is 3.89. The normalized spacial score (nSPS) is 12.5. The number of carbonyl (C=O) groups is 1. The predicted octanol–water partition coefficient (Wildman–Crippen LogP) is 4.17. The summed E-state index contributed by atoms with van der Waals surface area (Å²) >= 11 is 0. The Morgan fingerprint density at radius 2 is 1.95 bits per heavy atom. The van der Waals surface area contributed by atoms with E-state index in [2.05, 4.69) is 0 Å². The highest BCUT2D eigenvalue weighted by Crippen LogP contribution is 2.28. The maximum absolute atomic E-state index is 12.7. The molecule has 0 N–H and O–H groups in total. The second-order valence-corrected chi connectivity index (χ2v) is 5.16. The second kappa shape index (κ2) is 5.13. The first-order chi connectivity index (χ1) is 10.1. The van der Waals surface area contributed by atoms with Crippen molar-refractivity contribution in [1.82, 2.24) is 4.90 Å². The van der Waals surface area contributed by atoms with E-state index in [1.54, 1.807) is 18.2 Å². The predicted molar refractivity (Wildman–Crippen MR) is 80.2 cm³/mol.